The van der Waals surface area contributed by atoms with Crippen molar-refractivity contribution in [2.24, 2.45) is 0 Å². The van der Waals surface area contributed by atoms with Crippen molar-refractivity contribution in [2.45, 2.75) is 17.4 Å². The Morgan fingerprint density at radius 1 is 0.970 bits per heavy atom. The number of carbonyl (C=O) groups is 2. The number of amides is 3. The quantitative estimate of drug-likeness (QED) is 0.539. The lowest BCUT2D eigenvalue weighted by Gasteiger charge is -2.24. The van der Waals surface area contributed by atoms with Gasteiger partial charge in [0.25, 0.3) is 5.91 Å². The molecule has 0 aliphatic carbocycles. The van der Waals surface area contributed by atoms with Crippen molar-refractivity contribution in [3.63, 3.8) is 0 Å². The Morgan fingerprint density at radius 3 is 2.33 bits per heavy atom. The van der Waals surface area contributed by atoms with E-state index in [2.05, 4.69) is 5.32 Å². The van der Waals surface area contributed by atoms with Crippen LogP contribution in [0.2, 0.25) is 0 Å². The second kappa shape index (κ2) is 8.49. The molecule has 3 amide bonds. The molecule has 0 saturated carbocycles. The highest BCUT2D eigenvalue weighted by atomic mass is 32.2. The van der Waals surface area contributed by atoms with Crippen molar-refractivity contribution in [1.29, 1.82) is 0 Å². The van der Waals surface area contributed by atoms with Crippen LogP contribution in [0.4, 0.5) is 4.79 Å². The Hall–Kier alpha value is -3.43. The summed E-state index contributed by atoms with van der Waals surface area (Å²) in [6.07, 6.45) is 0. The Balaban J connectivity index is 1.46. The molecule has 33 heavy (non-hydrogen) atoms. The summed E-state index contributed by atoms with van der Waals surface area (Å²) in [6.45, 7) is 1.84. The molecule has 0 spiro atoms. The van der Waals surface area contributed by atoms with Crippen molar-refractivity contribution in [3.8, 4) is 5.75 Å². The molecule has 1 N–H and O–H groups in total. The average molecular weight is 468 g/mol. The zero-order chi connectivity index (χ0) is 23.8. The third kappa shape index (κ3) is 4.05. The SMILES string of the molecule is CN(C)S(=O)(=O)c1ccc(OCCN2C(=O)NC(C)(c3cccc4ccccc34)C2=O)cc1. The molecular formula is C24H25N3O5S. The fourth-order valence-electron chi connectivity index (χ4n) is 3.92. The number of carbonyl (C=O) groups excluding carboxylic acids is 2. The van der Waals surface area contributed by atoms with Gasteiger partial charge in [0, 0.05) is 14.1 Å². The first kappa shape index (κ1) is 22.8. The Labute approximate surface area is 192 Å². The van der Waals surface area contributed by atoms with Gasteiger partial charge in [-0.05, 0) is 47.5 Å². The van der Waals surface area contributed by atoms with Crippen LogP contribution in [0.5, 0.6) is 5.75 Å². The summed E-state index contributed by atoms with van der Waals surface area (Å²) in [6, 6.07) is 18.9. The molecule has 0 aromatic heterocycles. The van der Waals surface area contributed by atoms with Gasteiger partial charge in [-0.2, -0.15) is 0 Å². The van der Waals surface area contributed by atoms with Crippen LogP contribution in [-0.4, -0.2) is 56.8 Å². The minimum Gasteiger partial charge on any atom is -0.492 e. The lowest BCUT2D eigenvalue weighted by molar-refractivity contribution is -0.131. The molecule has 9 heteroatoms. The summed E-state index contributed by atoms with van der Waals surface area (Å²) in [5.41, 5.74) is -0.444. The number of urea groups is 1. The van der Waals surface area contributed by atoms with Gasteiger partial charge >= 0.3 is 6.03 Å². The predicted molar refractivity (Wildman–Crippen MR) is 124 cm³/mol. The van der Waals surface area contributed by atoms with Crippen LogP contribution in [0.1, 0.15) is 12.5 Å². The van der Waals surface area contributed by atoms with Crippen LogP contribution in [0, 0.1) is 0 Å². The molecule has 1 saturated heterocycles. The first-order valence-corrected chi connectivity index (χ1v) is 11.9. The van der Waals surface area contributed by atoms with Gasteiger partial charge in [-0.25, -0.2) is 17.5 Å². The molecule has 1 unspecified atom stereocenters. The van der Waals surface area contributed by atoms with E-state index in [1.165, 1.54) is 26.2 Å². The van der Waals surface area contributed by atoms with E-state index in [-0.39, 0.29) is 24.0 Å². The van der Waals surface area contributed by atoms with Crippen LogP contribution in [0.3, 0.4) is 0 Å². The van der Waals surface area contributed by atoms with Crippen molar-refractivity contribution >= 4 is 32.7 Å². The molecule has 3 aromatic rings. The molecular weight excluding hydrogens is 442 g/mol. The van der Waals surface area contributed by atoms with Gasteiger partial charge in [0.15, 0.2) is 0 Å². The van der Waals surface area contributed by atoms with E-state index >= 15 is 0 Å². The van der Waals surface area contributed by atoms with E-state index < -0.39 is 21.6 Å². The third-order valence-electron chi connectivity index (χ3n) is 5.79. The summed E-state index contributed by atoms with van der Waals surface area (Å²) in [5.74, 6) is 0.0939. The number of ether oxygens (including phenoxy) is 1. The van der Waals surface area contributed by atoms with Crippen molar-refractivity contribution in [2.75, 3.05) is 27.2 Å². The van der Waals surface area contributed by atoms with Crippen LogP contribution >= 0.6 is 0 Å². The van der Waals surface area contributed by atoms with E-state index in [0.29, 0.717) is 5.75 Å². The lowest BCUT2D eigenvalue weighted by Crippen LogP contribution is -2.41. The second-order valence-corrected chi connectivity index (χ2v) is 10.3. The number of imide groups is 1. The molecule has 1 fully saturated rings. The Kier molecular flexibility index (Phi) is 5.85. The van der Waals surface area contributed by atoms with Gasteiger partial charge in [-0.3, -0.25) is 9.69 Å². The van der Waals surface area contributed by atoms with Crippen LogP contribution in [-0.2, 0) is 20.4 Å². The molecule has 172 valence electrons. The highest BCUT2D eigenvalue weighted by Gasteiger charge is 2.49. The maximum Gasteiger partial charge on any atom is 0.325 e. The minimum atomic E-state index is -3.52. The topological polar surface area (TPSA) is 96.0 Å². The van der Waals surface area contributed by atoms with Gasteiger partial charge in [0.1, 0.15) is 17.9 Å². The first-order chi connectivity index (χ1) is 15.6. The van der Waals surface area contributed by atoms with Gasteiger partial charge in [0.05, 0.1) is 11.4 Å². The minimum absolute atomic E-state index is 0.0583. The number of nitrogens with one attached hydrogen (secondary N) is 1. The molecule has 4 rings (SSSR count). The maximum atomic E-state index is 13.3. The molecule has 1 aliphatic heterocycles. The van der Waals surface area contributed by atoms with Gasteiger partial charge < -0.3 is 10.1 Å². The number of benzene rings is 3. The number of hydrogen-bond acceptors (Lipinski definition) is 5. The molecule has 0 bridgehead atoms. The first-order valence-electron chi connectivity index (χ1n) is 10.4. The van der Waals surface area contributed by atoms with Crippen LogP contribution < -0.4 is 10.1 Å². The monoisotopic (exact) mass is 467 g/mol. The normalized spacial score (nSPS) is 18.7. The standard InChI is InChI=1S/C24H25N3O5S/c1-24(21-10-6-8-17-7-4-5-9-20(17)21)22(28)27(23(29)25-24)15-16-32-18-11-13-19(14-12-18)33(30,31)26(2)3/h4-14H,15-16H2,1-3H3,(H,25,29). The zero-order valence-corrected chi connectivity index (χ0v) is 19.4. The largest absolute Gasteiger partial charge is 0.492 e. The summed E-state index contributed by atoms with van der Waals surface area (Å²) >= 11 is 0. The van der Waals surface area contributed by atoms with E-state index in [4.69, 9.17) is 4.74 Å². The van der Waals surface area contributed by atoms with Gasteiger partial charge in [-0.1, -0.05) is 42.5 Å². The number of sulfonamides is 1. The molecule has 8 nitrogen and oxygen atoms in total. The van der Waals surface area contributed by atoms with E-state index in [1.54, 1.807) is 19.1 Å². The van der Waals surface area contributed by atoms with Crippen LogP contribution in [0.15, 0.2) is 71.6 Å². The number of fused-ring (bicyclic) bond motifs is 1. The molecule has 0 radical (unpaired) electrons. The molecule has 1 aliphatic rings. The lowest BCUT2D eigenvalue weighted by atomic mass is 9.88. The predicted octanol–water partition coefficient (Wildman–Crippen LogP) is 2.94. The molecule has 3 aromatic carbocycles. The fourth-order valence-corrected chi connectivity index (χ4v) is 4.82. The highest BCUT2D eigenvalue weighted by molar-refractivity contribution is 7.89. The van der Waals surface area contributed by atoms with E-state index in [0.717, 1.165) is 25.5 Å². The third-order valence-corrected chi connectivity index (χ3v) is 7.62. The second-order valence-electron chi connectivity index (χ2n) is 8.15. The average Bonchev–Trinajstić information content (AvgIpc) is 3.02. The fraction of sp³-hybridized carbons (Fsp3) is 0.250. The highest BCUT2D eigenvalue weighted by Crippen LogP contribution is 2.33. The Bertz CT molecular complexity index is 1320. The molecule has 1 heterocycles. The summed E-state index contributed by atoms with van der Waals surface area (Å²) < 4.78 is 31.1. The zero-order valence-electron chi connectivity index (χ0n) is 18.6. The van der Waals surface area contributed by atoms with Gasteiger partial charge in [0.2, 0.25) is 10.0 Å². The number of hydrogen-bond donors (Lipinski definition) is 1. The summed E-state index contributed by atoms with van der Waals surface area (Å²) in [4.78, 5) is 27.2. The maximum absolute atomic E-state index is 13.3. The number of rotatable bonds is 7. The van der Waals surface area contributed by atoms with E-state index in [1.807, 2.05) is 42.5 Å². The Morgan fingerprint density at radius 2 is 1.64 bits per heavy atom. The van der Waals surface area contributed by atoms with E-state index in [9.17, 15) is 18.0 Å². The van der Waals surface area contributed by atoms with Crippen LogP contribution in [0.25, 0.3) is 10.8 Å². The van der Waals surface area contributed by atoms with Crippen molar-refractivity contribution in [1.82, 2.24) is 14.5 Å². The van der Waals surface area contributed by atoms with Gasteiger partial charge in [-0.15, -0.1) is 0 Å². The summed E-state index contributed by atoms with van der Waals surface area (Å²) in [7, 11) is -0.601. The number of nitrogens with zero attached hydrogens (tertiary/aromatic N) is 2. The van der Waals surface area contributed by atoms with Crippen molar-refractivity contribution < 1.29 is 22.7 Å². The molecule has 1 atom stereocenters. The summed E-state index contributed by atoms with van der Waals surface area (Å²) in [5, 5.41) is 4.72. The smallest absolute Gasteiger partial charge is 0.325 e. The van der Waals surface area contributed by atoms with Crippen molar-refractivity contribution in [3.05, 3.63) is 72.3 Å².